The van der Waals surface area contributed by atoms with Crippen molar-refractivity contribution in [2.75, 3.05) is 0 Å². The first kappa shape index (κ1) is 9.45. The fourth-order valence-electron chi connectivity index (χ4n) is 1.45. The summed E-state index contributed by atoms with van der Waals surface area (Å²) in [6.07, 6.45) is 7.86. The first-order chi connectivity index (χ1) is 7.20. The zero-order chi connectivity index (χ0) is 10.8. The highest BCUT2D eigenvalue weighted by atomic mass is 16.4. The van der Waals surface area contributed by atoms with Gasteiger partial charge in [-0.15, -0.1) is 0 Å². The molecule has 0 aliphatic carbocycles. The quantitative estimate of drug-likeness (QED) is 0.751. The number of fused-ring (bicyclic) bond motifs is 1. The molecule has 1 N–H and O–H groups in total. The van der Waals surface area contributed by atoms with Gasteiger partial charge in [0.15, 0.2) is 0 Å². The minimum absolute atomic E-state index is 0.210. The number of aromatic carboxylic acids is 1. The number of nitrogens with zero attached hydrogens (tertiary/aromatic N) is 1. The molecule has 1 aliphatic rings. The highest BCUT2D eigenvalue weighted by Crippen LogP contribution is 2.08. The lowest BCUT2D eigenvalue weighted by Gasteiger charge is -2.04. The van der Waals surface area contributed by atoms with E-state index in [1.165, 1.54) is 10.6 Å². The molecule has 0 bridgehead atoms. The Morgan fingerprint density at radius 3 is 2.87 bits per heavy atom. The minimum atomic E-state index is -1.20. The highest BCUT2D eigenvalue weighted by Gasteiger charge is 2.11. The lowest BCUT2D eigenvalue weighted by atomic mass is 10.2. The summed E-state index contributed by atoms with van der Waals surface area (Å²) in [5.41, 5.74) is -0.0137. The van der Waals surface area contributed by atoms with Gasteiger partial charge in [-0.25, -0.2) is 4.79 Å². The van der Waals surface area contributed by atoms with Crippen molar-refractivity contribution in [1.29, 1.82) is 0 Å². The summed E-state index contributed by atoms with van der Waals surface area (Å²) in [6, 6.07) is 2.96. The summed E-state index contributed by atoms with van der Waals surface area (Å²) >= 11 is 0. The number of aromatic nitrogens is 1. The van der Waals surface area contributed by atoms with E-state index in [-0.39, 0.29) is 5.56 Å². The van der Waals surface area contributed by atoms with Crippen LogP contribution >= 0.6 is 0 Å². The van der Waals surface area contributed by atoms with E-state index in [9.17, 15) is 9.59 Å². The van der Waals surface area contributed by atoms with E-state index in [4.69, 9.17) is 5.11 Å². The van der Waals surface area contributed by atoms with Gasteiger partial charge < -0.3 is 5.11 Å². The summed E-state index contributed by atoms with van der Waals surface area (Å²) in [4.78, 5) is 22.4. The van der Waals surface area contributed by atoms with Crippen LogP contribution in [0, 0.1) is 0 Å². The van der Waals surface area contributed by atoms with E-state index in [2.05, 4.69) is 0 Å². The van der Waals surface area contributed by atoms with Crippen LogP contribution in [0.15, 0.2) is 29.1 Å². The topological polar surface area (TPSA) is 59.3 Å². The number of hydrogen-bond acceptors (Lipinski definition) is 2. The van der Waals surface area contributed by atoms with Crippen LogP contribution in [0.4, 0.5) is 0 Å². The first-order valence-corrected chi connectivity index (χ1v) is 4.52. The van der Waals surface area contributed by atoms with Crippen molar-refractivity contribution in [3.8, 4) is 0 Å². The maximum Gasteiger partial charge on any atom is 0.341 e. The van der Waals surface area contributed by atoms with Crippen LogP contribution in [-0.2, 0) is 0 Å². The molecule has 0 saturated carbocycles. The van der Waals surface area contributed by atoms with Crippen LogP contribution < -0.4 is 5.56 Å². The molecule has 76 valence electrons. The van der Waals surface area contributed by atoms with Crippen LogP contribution in [0.3, 0.4) is 0 Å². The predicted octanol–water partition coefficient (Wildman–Crippen LogP) is 1.43. The lowest BCUT2D eigenvalue weighted by Crippen LogP contribution is -2.24. The van der Waals surface area contributed by atoms with Crippen LogP contribution in [0.1, 0.15) is 22.5 Å². The van der Waals surface area contributed by atoms with Crippen LogP contribution in [0.2, 0.25) is 0 Å². The third-order valence-electron chi connectivity index (χ3n) is 2.19. The molecule has 0 atom stereocenters. The van der Waals surface area contributed by atoms with Gasteiger partial charge in [-0.3, -0.25) is 9.36 Å². The summed E-state index contributed by atoms with van der Waals surface area (Å²) in [7, 11) is 0. The maximum absolute atomic E-state index is 11.7. The number of hydrogen-bond donors (Lipinski definition) is 1. The molecule has 4 nitrogen and oxygen atoms in total. The van der Waals surface area contributed by atoms with Gasteiger partial charge in [-0.2, -0.15) is 0 Å². The molecule has 0 unspecified atom stereocenters. The number of carboxylic acid groups (broad SMARTS) is 1. The molecule has 0 radical (unpaired) electrons. The second-order valence-electron chi connectivity index (χ2n) is 3.18. The number of carbonyl (C=O) groups is 1. The molecular formula is C11H9NO3. The Morgan fingerprint density at radius 2 is 2.13 bits per heavy atom. The Bertz CT molecular complexity index is 523. The van der Waals surface area contributed by atoms with E-state index in [1.54, 1.807) is 24.4 Å². The molecule has 2 rings (SSSR count). The van der Waals surface area contributed by atoms with Crippen molar-refractivity contribution in [2.45, 2.75) is 6.42 Å². The van der Waals surface area contributed by atoms with Gasteiger partial charge in [-0.1, -0.05) is 12.2 Å². The fraction of sp³-hybridized carbons (Fsp3) is 0.0909. The Labute approximate surface area is 85.8 Å². The number of rotatable bonds is 1. The van der Waals surface area contributed by atoms with Crippen molar-refractivity contribution < 1.29 is 9.90 Å². The van der Waals surface area contributed by atoms with Gasteiger partial charge >= 0.3 is 5.97 Å². The molecule has 1 aromatic rings. The third-order valence-corrected chi connectivity index (χ3v) is 2.19. The van der Waals surface area contributed by atoms with E-state index in [0.29, 0.717) is 5.69 Å². The Morgan fingerprint density at radius 1 is 1.33 bits per heavy atom. The zero-order valence-electron chi connectivity index (χ0n) is 7.88. The smallest absolute Gasteiger partial charge is 0.341 e. The molecule has 0 spiro atoms. The van der Waals surface area contributed by atoms with Gasteiger partial charge in [0.05, 0.1) is 0 Å². The molecule has 1 aliphatic heterocycles. The summed E-state index contributed by atoms with van der Waals surface area (Å²) in [5.74, 6) is -1.20. The average molecular weight is 203 g/mol. The molecule has 0 aromatic carbocycles. The largest absolute Gasteiger partial charge is 0.477 e. The normalized spacial score (nSPS) is 13.3. The molecule has 0 fully saturated rings. The molecule has 15 heavy (non-hydrogen) atoms. The molecule has 1 aromatic heterocycles. The number of pyridine rings is 1. The van der Waals surface area contributed by atoms with E-state index >= 15 is 0 Å². The van der Waals surface area contributed by atoms with E-state index in [0.717, 1.165) is 6.42 Å². The van der Waals surface area contributed by atoms with Crippen molar-refractivity contribution in [3.05, 3.63) is 45.9 Å². The molecule has 0 saturated heterocycles. The van der Waals surface area contributed by atoms with Crippen molar-refractivity contribution >= 4 is 18.2 Å². The minimum Gasteiger partial charge on any atom is -0.477 e. The lowest BCUT2D eigenvalue weighted by molar-refractivity contribution is 0.0694. The molecular weight excluding hydrogens is 194 g/mol. The van der Waals surface area contributed by atoms with Gasteiger partial charge in [0.2, 0.25) is 0 Å². The fourth-order valence-corrected chi connectivity index (χ4v) is 1.45. The summed E-state index contributed by atoms with van der Waals surface area (Å²) in [5, 5.41) is 8.78. The zero-order valence-corrected chi connectivity index (χ0v) is 7.88. The second-order valence-corrected chi connectivity index (χ2v) is 3.18. The summed E-state index contributed by atoms with van der Waals surface area (Å²) in [6.45, 7) is 0. The van der Waals surface area contributed by atoms with Gasteiger partial charge in [-0.05, 0) is 24.6 Å². The Balaban J connectivity index is 2.72. The molecule has 0 amide bonds. The average Bonchev–Trinajstić information content (AvgIpc) is 2.43. The van der Waals surface area contributed by atoms with Gasteiger partial charge in [0, 0.05) is 11.9 Å². The van der Waals surface area contributed by atoms with Crippen LogP contribution in [-0.4, -0.2) is 15.6 Å². The van der Waals surface area contributed by atoms with Crippen LogP contribution in [0.5, 0.6) is 0 Å². The standard InChI is InChI=1S/C11H9NO3/c13-10-9(11(14)15)6-5-8-4-2-1-3-7-12(8)10/h2-7H,1H2,(H,14,15). The van der Waals surface area contributed by atoms with Crippen molar-refractivity contribution in [1.82, 2.24) is 4.57 Å². The Kier molecular flexibility index (Phi) is 2.25. The monoisotopic (exact) mass is 203 g/mol. The van der Waals surface area contributed by atoms with Crippen molar-refractivity contribution in [3.63, 3.8) is 0 Å². The first-order valence-electron chi connectivity index (χ1n) is 4.52. The molecule has 2 heterocycles. The highest BCUT2D eigenvalue weighted by molar-refractivity contribution is 5.87. The summed E-state index contributed by atoms with van der Waals surface area (Å²) < 4.78 is 1.34. The van der Waals surface area contributed by atoms with Gasteiger partial charge in [0.25, 0.3) is 5.56 Å². The van der Waals surface area contributed by atoms with E-state index < -0.39 is 11.5 Å². The predicted molar refractivity (Wildman–Crippen MR) is 56.6 cm³/mol. The third kappa shape index (κ3) is 1.61. The number of allylic oxidation sites excluding steroid dienone is 2. The van der Waals surface area contributed by atoms with E-state index in [1.807, 2.05) is 6.08 Å². The Hall–Kier alpha value is -2.10. The van der Waals surface area contributed by atoms with Gasteiger partial charge in [0.1, 0.15) is 5.56 Å². The van der Waals surface area contributed by atoms with Crippen LogP contribution in [0.25, 0.3) is 12.3 Å². The number of carboxylic acids is 1. The maximum atomic E-state index is 11.7. The molecule has 4 heteroatoms. The van der Waals surface area contributed by atoms with Crippen molar-refractivity contribution in [2.24, 2.45) is 0 Å². The SMILES string of the molecule is O=C(O)c1ccc2n(c1=O)C=CCC=C2. The second kappa shape index (κ2) is 3.57.